The third-order valence-electron chi connectivity index (χ3n) is 12.4. The van der Waals surface area contributed by atoms with Crippen molar-refractivity contribution in [3.8, 4) is 11.5 Å². The Bertz CT molecular complexity index is 2160. The number of fused-ring (bicyclic) bond motifs is 2. The van der Waals surface area contributed by atoms with E-state index < -0.39 is 5.97 Å². The second kappa shape index (κ2) is 17.3. The summed E-state index contributed by atoms with van der Waals surface area (Å²) in [5.41, 5.74) is 4.76. The molecule has 5 fully saturated rings. The number of aromatic carboxylic acids is 1. The fourth-order valence-electron chi connectivity index (χ4n) is 8.72. The van der Waals surface area contributed by atoms with E-state index in [9.17, 15) is 19.8 Å². The minimum Gasteiger partial charge on any atom is -0.496 e. The first-order chi connectivity index (χ1) is 28.5. The van der Waals surface area contributed by atoms with Gasteiger partial charge in [-0.1, -0.05) is 24.3 Å². The number of carbonyl (C=O) groups excluding carboxylic acids is 1. The predicted octanol–water partition coefficient (Wildman–Crippen LogP) is 5.46. The number of carboxylic acid groups (broad SMARTS) is 1. The molecular weight excluding hydrogens is 751 g/mol. The third kappa shape index (κ3) is 9.46. The number of aliphatic hydroxyl groups excluding tert-OH is 1. The summed E-state index contributed by atoms with van der Waals surface area (Å²) in [4.78, 5) is 47.1. The molecular formula is C44H55N9O6. The number of aliphatic hydroxyl groups is 1. The molecule has 2 aromatic carbocycles. The number of piperidine rings is 2. The molecule has 3 saturated carbocycles. The number of hydrogen-bond donors (Lipinski definition) is 5. The minimum absolute atomic E-state index is 0.0726. The third-order valence-corrected chi connectivity index (χ3v) is 12.4. The van der Waals surface area contributed by atoms with E-state index in [1.807, 2.05) is 44.2 Å². The standard InChI is InChI=1S/C25H33N5O3.C19H22N4O3/c1-15-9-16(3-8-22(15)33-2)11-26-23-21(24(32)28-19-4-6-20(31)7-5-19)12-27-25(29-23)30-13-17-10-18(17)14-30;1-11-5-12(3-4-16(11)26-2)7-20-17-15(18(24)25)8-21-19(22-17)23-9-13-6-14(13)10-23/h3,8-9,12,17-20,31H,4-7,10-11,13-14H2,1-2H3,(H,28,32)(H,26,27,29);3-5,8,13-14H,6-7,9-10H2,1-2H3,(H,24,25)(H,20,21,22). The van der Waals surface area contributed by atoms with E-state index in [1.54, 1.807) is 20.4 Å². The molecule has 4 aromatic rings. The molecule has 0 spiro atoms. The van der Waals surface area contributed by atoms with Gasteiger partial charge < -0.3 is 45.4 Å². The molecule has 0 bridgehead atoms. The highest BCUT2D eigenvalue weighted by Gasteiger charge is 2.47. The number of hydrogen-bond acceptors (Lipinski definition) is 13. The summed E-state index contributed by atoms with van der Waals surface area (Å²) in [6.07, 6.45) is 8.43. The molecule has 59 heavy (non-hydrogen) atoms. The Morgan fingerprint density at radius 2 is 1.17 bits per heavy atom. The zero-order valence-electron chi connectivity index (χ0n) is 34.3. The van der Waals surface area contributed by atoms with Gasteiger partial charge in [0.25, 0.3) is 5.91 Å². The van der Waals surface area contributed by atoms with Crippen LogP contribution in [0.1, 0.15) is 81.5 Å². The molecule has 9 rings (SSSR count). The predicted molar refractivity (Wildman–Crippen MR) is 224 cm³/mol. The van der Waals surface area contributed by atoms with E-state index >= 15 is 0 Å². The Kier molecular flexibility index (Phi) is 11.7. The van der Waals surface area contributed by atoms with Crippen LogP contribution in [-0.2, 0) is 13.1 Å². The molecule has 1 amide bonds. The Labute approximate surface area is 345 Å². The summed E-state index contributed by atoms with van der Waals surface area (Å²) in [5, 5.41) is 28.9. The number of aromatic nitrogens is 4. The molecule has 4 unspecified atom stereocenters. The van der Waals surface area contributed by atoms with E-state index in [4.69, 9.17) is 14.5 Å². The molecule has 312 valence electrons. The maximum atomic E-state index is 13.1. The SMILES string of the molecule is COc1ccc(CNc2nc(N3CC4CC4C3)ncc2C(=O)NC2CCC(O)CC2)cc1C.COc1ccc(CNc2nc(N3CC4CC4C3)ncc2C(=O)O)cc1C. The topological polar surface area (TPSA) is 187 Å². The summed E-state index contributed by atoms with van der Waals surface area (Å²) >= 11 is 0. The van der Waals surface area contributed by atoms with Gasteiger partial charge in [0.15, 0.2) is 0 Å². The van der Waals surface area contributed by atoms with Crippen molar-refractivity contribution in [1.29, 1.82) is 0 Å². The summed E-state index contributed by atoms with van der Waals surface area (Å²) < 4.78 is 10.6. The number of benzene rings is 2. The second-order valence-electron chi connectivity index (χ2n) is 16.8. The number of aryl methyl sites for hydroxylation is 2. The molecule has 5 N–H and O–H groups in total. The van der Waals surface area contributed by atoms with Crippen LogP contribution in [0.25, 0.3) is 0 Å². The molecule has 3 aliphatic carbocycles. The Morgan fingerprint density at radius 3 is 1.61 bits per heavy atom. The number of methoxy groups -OCH3 is 2. The van der Waals surface area contributed by atoms with Crippen molar-refractivity contribution in [2.75, 3.05) is 60.8 Å². The lowest BCUT2D eigenvalue weighted by Gasteiger charge is -2.26. The smallest absolute Gasteiger partial charge is 0.341 e. The highest BCUT2D eigenvalue weighted by atomic mass is 16.5. The molecule has 5 aliphatic rings. The zero-order chi connectivity index (χ0) is 41.2. The van der Waals surface area contributed by atoms with Gasteiger partial charge in [-0.25, -0.2) is 14.8 Å². The number of carboxylic acids is 1. The van der Waals surface area contributed by atoms with Gasteiger partial charge in [0.05, 0.1) is 20.3 Å². The van der Waals surface area contributed by atoms with E-state index in [2.05, 4.69) is 46.8 Å². The molecule has 15 nitrogen and oxygen atoms in total. The van der Waals surface area contributed by atoms with Crippen molar-refractivity contribution in [3.63, 3.8) is 0 Å². The maximum absolute atomic E-state index is 13.1. The number of anilines is 4. The number of nitrogens with one attached hydrogen (secondary N) is 3. The molecule has 2 aliphatic heterocycles. The van der Waals surface area contributed by atoms with Crippen molar-refractivity contribution in [3.05, 3.63) is 82.2 Å². The number of amides is 1. The van der Waals surface area contributed by atoms with Crippen LogP contribution in [0.5, 0.6) is 11.5 Å². The fourth-order valence-corrected chi connectivity index (χ4v) is 8.72. The van der Waals surface area contributed by atoms with Gasteiger partial charge in [-0.15, -0.1) is 0 Å². The average Bonchev–Trinajstić information content (AvgIpc) is 4.08. The maximum Gasteiger partial charge on any atom is 0.341 e. The molecule has 0 radical (unpaired) electrons. The average molecular weight is 806 g/mol. The van der Waals surface area contributed by atoms with Crippen molar-refractivity contribution in [2.24, 2.45) is 23.7 Å². The van der Waals surface area contributed by atoms with Crippen molar-refractivity contribution in [2.45, 2.75) is 77.6 Å². The van der Waals surface area contributed by atoms with Gasteiger partial charge in [-0.05, 0) is 110 Å². The Balaban J connectivity index is 0.000000169. The van der Waals surface area contributed by atoms with E-state index in [0.29, 0.717) is 42.2 Å². The van der Waals surface area contributed by atoms with Crippen LogP contribution in [0.15, 0.2) is 48.8 Å². The van der Waals surface area contributed by atoms with Gasteiger partial charge in [0.1, 0.15) is 34.3 Å². The molecule has 2 aromatic heterocycles. The van der Waals surface area contributed by atoms with Gasteiger partial charge in [0.2, 0.25) is 11.9 Å². The van der Waals surface area contributed by atoms with E-state index in [1.165, 1.54) is 19.0 Å². The molecule has 2 saturated heterocycles. The lowest BCUT2D eigenvalue weighted by molar-refractivity contribution is 0.0696. The first kappa shape index (κ1) is 40.1. The fraction of sp³-hybridized carbons (Fsp3) is 0.500. The highest BCUT2D eigenvalue weighted by Crippen LogP contribution is 2.46. The van der Waals surface area contributed by atoms with Crippen molar-refractivity contribution < 1.29 is 29.3 Å². The molecule has 15 heteroatoms. The summed E-state index contributed by atoms with van der Waals surface area (Å²) in [6, 6.07) is 12.0. The highest BCUT2D eigenvalue weighted by molar-refractivity contribution is 5.98. The van der Waals surface area contributed by atoms with Crippen LogP contribution in [-0.4, -0.2) is 94.6 Å². The van der Waals surface area contributed by atoms with Gasteiger partial charge in [0, 0.05) is 57.7 Å². The van der Waals surface area contributed by atoms with Gasteiger partial charge in [-0.3, -0.25) is 4.79 Å². The molecule has 4 heterocycles. The van der Waals surface area contributed by atoms with Gasteiger partial charge >= 0.3 is 5.97 Å². The van der Waals surface area contributed by atoms with E-state index in [0.717, 1.165) is 109 Å². The Hall–Kier alpha value is -5.70. The van der Waals surface area contributed by atoms with Crippen LogP contribution in [0.4, 0.5) is 23.5 Å². The van der Waals surface area contributed by atoms with Crippen LogP contribution in [0, 0.1) is 37.5 Å². The van der Waals surface area contributed by atoms with Crippen LogP contribution < -0.4 is 35.2 Å². The van der Waals surface area contributed by atoms with Crippen molar-refractivity contribution in [1.82, 2.24) is 25.3 Å². The lowest BCUT2D eigenvalue weighted by Crippen LogP contribution is -2.39. The summed E-state index contributed by atoms with van der Waals surface area (Å²) in [5.74, 6) is 5.77. The largest absolute Gasteiger partial charge is 0.496 e. The first-order valence-electron chi connectivity index (χ1n) is 20.8. The number of ether oxygens (including phenoxy) is 2. The number of nitrogens with zero attached hydrogens (tertiary/aromatic N) is 6. The normalized spacial score (nSPS) is 23.6. The Morgan fingerprint density at radius 1 is 0.712 bits per heavy atom. The summed E-state index contributed by atoms with van der Waals surface area (Å²) in [6.45, 7) is 8.95. The zero-order valence-corrected chi connectivity index (χ0v) is 34.3. The second-order valence-corrected chi connectivity index (χ2v) is 16.8. The van der Waals surface area contributed by atoms with E-state index in [-0.39, 0.29) is 23.6 Å². The van der Waals surface area contributed by atoms with Crippen LogP contribution in [0.2, 0.25) is 0 Å². The van der Waals surface area contributed by atoms with Crippen LogP contribution >= 0.6 is 0 Å². The minimum atomic E-state index is -1.03. The quantitative estimate of drug-likeness (QED) is 0.115. The monoisotopic (exact) mass is 805 g/mol. The number of carbonyl (C=O) groups is 2. The lowest BCUT2D eigenvalue weighted by atomic mass is 9.93. The molecule has 4 atom stereocenters. The van der Waals surface area contributed by atoms with Crippen molar-refractivity contribution >= 4 is 35.4 Å². The van der Waals surface area contributed by atoms with Crippen LogP contribution in [0.3, 0.4) is 0 Å². The number of rotatable bonds is 13. The summed E-state index contributed by atoms with van der Waals surface area (Å²) in [7, 11) is 3.31. The first-order valence-corrected chi connectivity index (χ1v) is 20.8. The van der Waals surface area contributed by atoms with Gasteiger partial charge in [-0.2, -0.15) is 9.97 Å².